The van der Waals surface area contributed by atoms with Crippen LogP contribution in [0.15, 0.2) is 29.4 Å². The Morgan fingerprint density at radius 2 is 2.05 bits per heavy atom. The first-order valence-electron chi connectivity index (χ1n) is 6.11. The van der Waals surface area contributed by atoms with E-state index >= 15 is 0 Å². The fraction of sp³-hybridized carbons (Fsp3) is 0.308. The van der Waals surface area contributed by atoms with Crippen molar-refractivity contribution in [3.05, 3.63) is 29.8 Å². The first-order valence-corrected chi connectivity index (χ1v) is 6.11. The molecule has 0 aliphatic carbocycles. The van der Waals surface area contributed by atoms with Gasteiger partial charge in [-0.3, -0.25) is 4.79 Å². The van der Waals surface area contributed by atoms with Crippen molar-refractivity contribution < 1.29 is 29.7 Å². The van der Waals surface area contributed by atoms with Gasteiger partial charge in [0.05, 0.1) is 6.61 Å². The zero-order valence-electron chi connectivity index (χ0n) is 11.3. The van der Waals surface area contributed by atoms with E-state index in [-0.39, 0.29) is 17.9 Å². The lowest BCUT2D eigenvalue weighted by Gasteiger charge is -2.19. The predicted octanol–water partition coefficient (Wildman–Crippen LogP) is 0.0425. The fourth-order valence-corrected chi connectivity index (χ4v) is 1.61. The molecule has 1 aromatic carbocycles. The van der Waals surface area contributed by atoms with E-state index in [9.17, 15) is 19.8 Å². The van der Waals surface area contributed by atoms with Gasteiger partial charge in [0.1, 0.15) is 12.3 Å². The van der Waals surface area contributed by atoms with Crippen molar-refractivity contribution in [3.63, 3.8) is 0 Å². The van der Waals surface area contributed by atoms with Crippen LogP contribution in [0.3, 0.4) is 0 Å². The van der Waals surface area contributed by atoms with Gasteiger partial charge in [-0.2, -0.15) is 0 Å². The summed E-state index contributed by atoms with van der Waals surface area (Å²) >= 11 is 0. The molecule has 21 heavy (non-hydrogen) atoms. The molecule has 0 aliphatic heterocycles. The van der Waals surface area contributed by atoms with E-state index in [2.05, 4.69) is 15.2 Å². The molecule has 0 saturated carbocycles. The zero-order valence-corrected chi connectivity index (χ0v) is 11.3. The van der Waals surface area contributed by atoms with Crippen LogP contribution in [0.4, 0.5) is 5.69 Å². The summed E-state index contributed by atoms with van der Waals surface area (Å²) < 4.78 is 4.62. The standard InChI is InChI=1S/C13H16N2O6/c1-2-21-13(19)12(18)11(17)8-5-3-4-6-9(8)15-10(16)7-14-20/h3-7,11-12,17-18,20H,2H2,1H3,(H,15,16). The number of nitrogens with one attached hydrogen (secondary N) is 1. The number of carbonyl (C=O) groups is 2. The molecule has 2 unspecified atom stereocenters. The van der Waals surface area contributed by atoms with Crippen molar-refractivity contribution in [2.75, 3.05) is 11.9 Å². The molecular weight excluding hydrogens is 280 g/mol. The lowest BCUT2D eigenvalue weighted by molar-refractivity contribution is -0.159. The monoisotopic (exact) mass is 296 g/mol. The highest BCUT2D eigenvalue weighted by Gasteiger charge is 2.28. The molecule has 1 rings (SSSR count). The Kier molecular flexibility index (Phi) is 6.31. The summed E-state index contributed by atoms with van der Waals surface area (Å²) in [6, 6.07) is 6.03. The topological polar surface area (TPSA) is 128 Å². The van der Waals surface area contributed by atoms with Crippen molar-refractivity contribution >= 4 is 23.8 Å². The zero-order chi connectivity index (χ0) is 15.8. The molecule has 0 aromatic heterocycles. The third kappa shape index (κ3) is 4.55. The molecule has 0 bridgehead atoms. The average molecular weight is 296 g/mol. The fourth-order valence-electron chi connectivity index (χ4n) is 1.61. The maximum Gasteiger partial charge on any atom is 0.338 e. The second-order valence-corrected chi connectivity index (χ2v) is 3.96. The second kappa shape index (κ2) is 7.98. The average Bonchev–Trinajstić information content (AvgIpc) is 2.46. The van der Waals surface area contributed by atoms with Gasteiger partial charge in [0.25, 0.3) is 5.91 Å². The SMILES string of the molecule is CCOC(=O)C(O)C(O)c1ccccc1NC(=O)C=NO. The van der Waals surface area contributed by atoms with Crippen molar-refractivity contribution in [1.82, 2.24) is 0 Å². The van der Waals surface area contributed by atoms with Gasteiger partial charge < -0.3 is 25.5 Å². The molecule has 8 heteroatoms. The molecule has 0 saturated heterocycles. The van der Waals surface area contributed by atoms with Gasteiger partial charge in [0, 0.05) is 11.3 Å². The molecule has 1 amide bonds. The summed E-state index contributed by atoms with van der Waals surface area (Å²) in [7, 11) is 0. The van der Waals surface area contributed by atoms with Crippen LogP contribution in [-0.2, 0) is 14.3 Å². The summed E-state index contributed by atoms with van der Waals surface area (Å²) in [5.41, 5.74) is 0.288. The summed E-state index contributed by atoms with van der Waals surface area (Å²) in [5, 5.41) is 32.9. The van der Waals surface area contributed by atoms with E-state index in [1.165, 1.54) is 12.1 Å². The van der Waals surface area contributed by atoms with Crippen LogP contribution in [0.1, 0.15) is 18.6 Å². The van der Waals surface area contributed by atoms with Gasteiger partial charge in [-0.1, -0.05) is 23.4 Å². The van der Waals surface area contributed by atoms with Crippen molar-refractivity contribution in [2.45, 2.75) is 19.1 Å². The number of benzene rings is 1. The normalized spacial score (nSPS) is 13.7. The first kappa shape index (κ1) is 16.6. The van der Waals surface area contributed by atoms with Crippen LogP contribution in [-0.4, -0.2) is 46.2 Å². The summed E-state index contributed by atoms with van der Waals surface area (Å²) in [5.74, 6) is -1.70. The van der Waals surface area contributed by atoms with Crippen LogP contribution < -0.4 is 5.32 Å². The van der Waals surface area contributed by atoms with Crippen LogP contribution in [0.2, 0.25) is 0 Å². The number of amides is 1. The maximum atomic E-state index is 11.4. The molecular formula is C13H16N2O6. The molecule has 8 nitrogen and oxygen atoms in total. The Morgan fingerprint density at radius 3 is 2.67 bits per heavy atom. The predicted molar refractivity (Wildman–Crippen MR) is 72.9 cm³/mol. The quantitative estimate of drug-likeness (QED) is 0.254. The number of hydrogen-bond donors (Lipinski definition) is 4. The molecule has 0 heterocycles. The highest BCUT2D eigenvalue weighted by molar-refractivity contribution is 6.31. The minimum absolute atomic E-state index is 0.0635. The number of hydrogen-bond acceptors (Lipinski definition) is 7. The molecule has 2 atom stereocenters. The number of carbonyl (C=O) groups excluding carboxylic acids is 2. The Morgan fingerprint density at radius 1 is 1.38 bits per heavy atom. The first-order chi connectivity index (χ1) is 10.0. The van der Waals surface area contributed by atoms with Gasteiger partial charge in [-0.05, 0) is 13.0 Å². The lowest BCUT2D eigenvalue weighted by Crippen LogP contribution is -2.30. The largest absolute Gasteiger partial charge is 0.464 e. The van der Waals surface area contributed by atoms with Crippen LogP contribution in [0, 0.1) is 0 Å². The number of anilines is 1. The smallest absolute Gasteiger partial charge is 0.338 e. The molecule has 0 aliphatic rings. The van der Waals surface area contributed by atoms with Crippen molar-refractivity contribution in [1.29, 1.82) is 0 Å². The second-order valence-electron chi connectivity index (χ2n) is 3.96. The Balaban J connectivity index is 2.96. The number of rotatable bonds is 6. The van der Waals surface area contributed by atoms with Gasteiger partial charge in [-0.25, -0.2) is 4.79 Å². The number of oxime groups is 1. The van der Waals surface area contributed by atoms with E-state index in [1.54, 1.807) is 19.1 Å². The van der Waals surface area contributed by atoms with Crippen molar-refractivity contribution in [2.24, 2.45) is 5.16 Å². The maximum absolute atomic E-state index is 11.4. The van der Waals surface area contributed by atoms with Crippen LogP contribution in [0.25, 0.3) is 0 Å². The van der Waals surface area contributed by atoms with E-state index in [0.717, 1.165) is 0 Å². The molecule has 1 aromatic rings. The number of esters is 1. The van der Waals surface area contributed by atoms with E-state index in [4.69, 9.17) is 5.21 Å². The van der Waals surface area contributed by atoms with Crippen LogP contribution >= 0.6 is 0 Å². The third-order valence-electron chi connectivity index (χ3n) is 2.54. The number of aliphatic hydroxyl groups excluding tert-OH is 2. The van der Waals surface area contributed by atoms with Crippen LogP contribution in [0.5, 0.6) is 0 Å². The summed E-state index contributed by atoms with van der Waals surface area (Å²) in [6.07, 6.45) is -2.73. The summed E-state index contributed by atoms with van der Waals surface area (Å²) in [4.78, 5) is 22.8. The summed E-state index contributed by atoms with van der Waals surface area (Å²) in [6.45, 7) is 1.63. The molecule has 0 spiro atoms. The van der Waals surface area contributed by atoms with Gasteiger partial charge in [0.15, 0.2) is 6.10 Å². The lowest BCUT2D eigenvalue weighted by atomic mass is 10.0. The Bertz CT molecular complexity index is 531. The number of aliphatic hydroxyl groups is 2. The third-order valence-corrected chi connectivity index (χ3v) is 2.54. The Labute approximate surface area is 120 Å². The van der Waals surface area contributed by atoms with Gasteiger partial charge in [-0.15, -0.1) is 0 Å². The highest BCUT2D eigenvalue weighted by Crippen LogP contribution is 2.25. The van der Waals surface area contributed by atoms with Crippen molar-refractivity contribution in [3.8, 4) is 0 Å². The number of ether oxygens (including phenoxy) is 1. The number of para-hydroxylation sites is 1. The van der Waals surface area contributed by atoms with Gasteiger partial charge >= 0.3 is 5.97 Å². The van der Waals surface area contributed by atoms with E-state index in [1.807, 2.05) is 0 Å². The Hall–Kier alpha value is -2.45. The van der Waals surface area contributed by atoms with E-state index < -0.39 is 24.1 Å². The van der Waals surface area contributed by atoms with Gasteiger partial charge in [0.2, 0.25) is 0 Å². The number of nitrogens with zero attached hydrogens (tertiary/aromatic N) is 1. The minimum Gasteiger partial charge on any atom is -0.464 e. The molecule has 0 radical (unpaired) electrons. The molecule has 0 fully saturated rings. The van der Waals surface area contributed by atoms with E-state index in [0.29, 0.717) is 6.21 Å². The minimum atomic E-state index is -1.78. The highest BCUT2D eigenvalue weighted by atomic mass is 16.5. The molecule has 4 N–H and O–H groups in total. The molecule has 114 valence electrons.